The summed E-state index contributed by atoms with van der Waals surface area (Å²) in [6, 6.07) is 0.0938. The lowest BCUT2D eigenvalue weighted by atomic mass is 10.1. The van der Waals surface area contributed by atoms with Crippen molar-refractivity contribution in [3.63, 3.8) is 0 Å². The number of nitrogens with zero attached hydrogens (tertiary/aromatic N) is 2. The minimum absolute atomic E-state index is 0.0570. The van der Waals surface area contributed by atoms with Crippen molar-refractivity contribution >= 4 is 5.91 Å². The van der Waals surface area contributed by atoms with Gasteiger partial charge in [0.05, 0.1) is 6.61 Å². The lowest BCUT2D eigenvalue weighted by molar-refractivity contribution is -0.138. The zero-order valence-corrected chi connectivity index (χ0v) is 11.5. The fourth-order valence-corrected chi connectivity index (χ4v) is 3.29. The summed E-state index contributed by atoms with van der Waals surface area (Å²) in [6.45, 7) is 1.71. The molecule has 1 saturated heterocycles. The van der Waals surface area contributed by atoms with E-state index in [4.69, 9.17) is 0 Å². The first kappa shape index (κ1) is 13.8. The number of carbonyl (C=O) groups excluding carboxylic acids is 1. The number of amides is 1. The van der Waals surface area contributed by atoms with Gasteiger partial charge in [-0.2, -0.15) is 0 Å². The Hall–Kier alpha value is -0.610. The molecule has 1 unspecified atom stereocenters. The summed E-state index contributed by atoms with van der Waals surface area (Å²) in [5, 5.41) is 9.44. The Balaban J connectivity index is 2.07. The van der Waals surface area contributed by atoms with Crippen LogP contribution in [0.2, 0.25) is 0 Å². The molecule has 4 nitrogen and oxygen atoms in total. The van der Waals surface area contributed by atoms with Gasteiger partial charge in [-0.15, -0.1) is 0 Å². The third-order valence-corrected chi connectivity index (χ3v) is 4.45. The van der Waals surface area contributed by atoms with E-state index in [1.54, 1.807) is 0 Å². The maximum Gasteiger partial charge on any atom is 0.242 e. The Labute approximate surface area is 110 Å². The number of likely N-dealkylation sites (N-methyl/N-ethyl adjacent to an activating group) is 1. The fraction of sp³-hybridized carbons (Fsp3) is 0.929. The monoisotopic (exact) mass is 254 g/mol. The molecule has 1 aliphatic carbocycles. The van der Waals surface area contributed by atoms with E-state index >= 15 is 0 Å². The van der Waals surface area contributed by atoms with Gasteiger partial charge in [0.2, 0.25) is 5.91 Å². The highest BCUT2D eigenvalue weighted by Gasteiger charge is 2.33. The molecule has 1 aliphatic heterocycles. The smallest absolute Gasteiger partial charge is 0.242 e. The molecular weight excluding hydrogens is 228 g/mol. The van der Waals surface area contributed by atoms with E-state index in [0.717, 1.165) is 32.4 Å². The SMILES string of the molecule is CN1CCCN(C2CCCCCC2)C(=O)C1CO. The van der Waals surface area contributed by atoms with Gasteiger partial charge in [-0.25, -0.2) is 0 Å². The van der Waals surface area contributed by atoms with Gasteiger partial charge < -0.3 is 10.0 Å². The average molecular weight is 254 g/mol. The Bertz CT molecular complexity index is 275. The third-order valence-electron chi connectivity index (χ3n) is 4.45. The van der Waals surface area contributed by atoms with Crippen LogP contribution in [0, 0.1) is 0 Å². The molecule has 1 heterocycles. The van der Waals surface area contributed by atoms with E-state index in [0.29, 0.717) is 6.04 Å². The molecule has 2 aliphatic rings. The quantitative estimate of drug-likeness (QED) is 0.754. The molecule has 0 bridgehead atoms. The van der Waals surface area contributed by atoms with Gasteiger partial charge >= 0.3 is 0 Å². The van der Waals surface area contributed by atoms with Gasteiger partial charge in [0.15, 0.2) is 0 Å². The van der Waals surface area contributed by atoms with Crippen LogP contribution < -0.4 is 0 Å². The second-order valence-electron chi connectivity index (χ2n) is 5.71. The molecule has 1 amide bonds. The van der Waals surface area contributed by atoms with E-state index in [1.807, 2.05) is 11.9 Å². The van der Waals surface area contributed by atoms with E-state index in [-0.39, 0.29) is 18.6 Å². The van der Waals surface area contributed by atoms with Crippen LogP contribution in [-0.2, 0) is 4.79 Å². The van der Waals surface area contributed by atoms with E-state index < -0.39 is 0 Å². The lowest BCUT2D eigenvalue weighted by Crippen LogP contribution is -2.49. The lowest BCUT2D eigenvalue weighted by Gasteiger charge is -2.33. The molecule has 1 saturated carbocycles. The zero-order valence-electron chi connectivity index (χ0n) is 11.5. The van der Waals surface area contributed by atoms with Gasteiger partial charge in [-0.05, 0) is 26.3 Å². The van der Waals surface area contributed by atoms with Crippen LogP contribution in [-0.4, -0.2) is 59.6 Å². The van der Waals surface area contributed by atoms with Gasteiger partial charge in [0, 0.05) is 19.1 Å². The first-order valence-corrected chi connectivity index (χ1v) is 7.35. The predicted octanol–water partition coefficient (Wildman–Crippen LogP) is 1.23. The molecule has 0 spiro atoms. The molecule has 1 N–H and O–H groups in total. The van der Waals surface area contributed by atoms with Crippen LogP contribution in [0.15, 0.2) is 0 Å². The summed E-state index contributed by atoms with van der Waals surface area (Å²) in [5.74, 6) is 0.143. The largest absolute Gasteiger partial charge is 0.394 e. The fourth-order valence-electron chi connectivity index (χ4n) is 3.29. The minimum Gasteiger partial charge on any atom is -0.394 e. The normalized spacial score (nSPS) is 29.1. The van der Waals surface area contributed by atoms with Crippen LogP contribution in [0.4, 0.5) is 0 Å². The van der Waals surface area contributed by atoms with Crippen molar-refractivity contribution < 1.29 is 9.90 Å². The van der Waals surface area contributed by atoms with Crippen molar-refractivity contribution in [2.24, 2.45) is 0 Å². The molecule has 4 heteroatoms. The molecule has 1 atom stereocenters. The summed E-state index contributed by atoms with van der Waals surface area (Å²) in [6.07, 6.45) is 8.42. The highest BCUT2D eigenvalue weighted by Crippen LogP contribution is 2.24. The van der Waals surface area contributed by atoms with Crippen molar-refractivity contribution in [2.75, 3.05) is 26.7 Å². The molecule has 2 fully saturated rings. The predicted molar refractivity (Wildman–Crippen MR) is 71.3 cm³/mol. The van der Waals surface area contributed by atoms with E-state index in [9.17, 15) is 9.90 Å². The maximum atomic E-state index is 12.5. The van der Waals surface area contributed by atoms with Crippen LogP contribution in [0.25, 0.3) is 0 Å². The van der Waals surface area contributed by atoms with Gasteiger partial charge in [0.25, 0.3) is 0 Å². The molecule has 2 rings (SSSR count). The second-order valence-corrected chi connectivity index (χ2v) is 5.71. The number of hydrogen-bond acceptors (Lipinski definition) is 3. The highest BCUT2D eigenvalue weighted by molar-refractivity contribution is 5.82. The van der Waals surface area contributed by atoms with Crippen molar-refractivity contribution in [1.82, 2.24) is 9.80 Å². The summed E-state index contributed by atoms with van der Waals surface area (Å²) in [5.41, 5.74) is 0. The number of carbonyl (C=O) groups is 1. The topological polar surface area (TPSA) is 43.8 Å². The Kier molecular flexibility index (Phi) is 5.01. The third kappa shape index (κ3) is 3.04. The molecular formula is C14H26N2O2. The molecule has 0 aromatic carbocycles. The zero-order chi connectivity index (χ0) is 13.0. The first-order valence-electron chi connectivity index (χ1n) is 7.35. The van der Waals surface area contributed by atoms with E-state index in [2.05, 4.69) is 4.90 Å². The number of aliphatic hydroxyl groups excluding tert-OH is 1. The van der Waals surface area contributed by atoms with Crippen molar-refractivity contribution in [3.05, 3.63) is 0 Å². The summed E-state index contributed by atoms with van der Waals surface area (Å²) >= 11 is 0. The highest BCUT2D eigenvalue weighted by atomic mass is 16.3. The number of rotatable bonds is 2. The second kappa shape index (κ2) is 6.53. The molecule has 104 valence electrons. The summed E-state index contributed by atoms with van der Waals surface area (Å²) in [7, 11) is 1.94. The Morgan fingerprint density at radius 2 is 1.78 bits per heavy atom. The van der Waals surface area contributed by atoms with Crippen LogP contribution >= 0.6 is 0 Å². The number of aliphatic hydroxyl groups is 1. The van der Waals surface area contributed by atoms with Gasteiger partial charge in [0.1, 0.15) is 6.04 Å². The maximum absolute atomic E-state index is 12.5. The Morgan fingerprint density at radius 3 is 2.39 bits per heavy atom. The average Bonchev–Trinajstić information content (AvgIpc) is 2.69. The van der Waals surface area contributed by atoms with Gasteiger partial charge in [-0.3, -0.25) is 9.69 Å². The van der Waals surface area contributed by atoms with Crippen LogP contribution in [0.3, 0.4) is 0 Å². The first-order chi connectivity index (χ1) is 8.74. The molecule has 0 aromatic rings. The Morgan fingerprint density at radius 1 is 1.11 bits per heavy atom. The van der Waals surface area contributed by atoms with E-state index in [1.165, 1.54) is 25.7 Å². The van der Waals surface area contributed by atoms with Gasteiger partial charge in [-0.1, -0.05) is 25.7 Å². The molecule has 0 radical (unpaired) electrons. The summed E-state index contributed by atoms with van der Waals surface area (Å²) in [4.78, 5) is 16.6. The van der Waals surface area contributed by atoms with Crippen molar-refractivity contribution in [2.45, 2.75) is 57.0 Å². The molecule has 0 aromatic heterocycles. The van der Waals surface area contributed by atoms with Crippen LogP contribution in [0.1, 0.15) is 44.9 Å². The van der Waals surface area contributed by atoms with Crippen molar-refractivity contribution in [3.8, 4) is 0 Å². The minimum atomic E-state index is -0.323. The molecule has 18 heavy (non-hydrogen) atoms. The van der Waals surface area contributed by atoms with Crippen LogP contribution in [0.5, 0.6) is 0 Å². The number of hydrogen-bond donors (Lipinski definition) is 1. The summed E-state index contributed by atoms with van der Waals surface area (Å²) < 4.78 is 0. The van der Waals surface area contributed by atoms with Crippen molar-refractivity contribution in [1.29, 1.82) is 0 Å². The standard InChI is InChI=1S/C14H26N2O2/c1-15-9-6-10-16(14(18)13(15)11-17)12-7-4-2-3-5-8-12/h12-13,17H,2-11H2,1H3.